The molecule has 0 heterocycles. The van der Waals surface area contributed by atoms with Gasteiger partial charge in [0, 0.05) is 6.42 Å². The van der Waals surface area contributed by atoms with Crippen LogP contribution in [0.4, 0.5) is 0 Å². The van der Waals surface area contributed by atoms with Gasteiger partial charge in [0.1, 0.15) is 11.1 Å². The number of hydrogen-bond acceptors (Lipinski definition) is 5. The fourth-order valence-electron chi connectivity index (χ4n) is 1.26. The summed E-state index contributed by atoms with van der Waals surface area (Å²) in [5.74, 6) is 0.0104. The second kappa shape index (κ2) is 7.86. The summed E-state index contributed by atoms with van der Waals surface area (Å²) in [7, 11) is 0. The zero-order chi connectivity index (χ0) is 13.5. The normalized spacial score (nSPS) is 16.0. The summed E-state index contributed by atoms with van der Waals surface area (Å²) in [4.78, 5) is 11.4. The minimum atomic E-state index is -1.71. The zero-order valence-corrected chi connectivity index (χ0v) is 11.7. The van der Waals surface area contributed by atoms with Gasteiger partial charge in [-0.1, -0.05) is 25.6 Å². The number of aliphatic hydroxyl groups is 2. The molecule has 100 valence electrons. The smallest absolute Gasteiger partial charge is 0.251 e. The average molecular weight is 280 g/mol. The van der Waals surface area contributed by atoms with Crippen LogP contribution in [0, 0.1) is 0 Å². The van der Waals surface area contributed by atoms with Gasteiger partial charge < -0.3 is 21.3 Å². The van der Waals surface area contributed by atoms with Crippen LogP contribution in [0.3, 0.4) is 0 Å². The topological polar surface area (TPSA) is 95.6 Å². The lowest BCUT2D eigenvalue weighted by Crippen LogP contribution is -2.58. The molecule has 2 atom stereocenters. The molecular formula is C10H20N2O3S2. The minimum Gasteiger partial charge on any atom is -0.389 e. The van der Waals surface area contributed by atoms with Gasteiger partial charge in [0.15, 0.2) is 5.72 Å². The van der Waals surface area contributed by atoms with E-state index in [2.05, 4.69) is 5.32 Å². The molecule has 0 radical (unpaired) electrons. The van der Waals surface area contributed by atoms with Crippen molar-refractivity contribution < 1.29 is 15.0 Å². The lowest BCUT2D eigenvalue weighted by Gasteiger charge is -2.28. The SMILES string of the molecule is CCCC(O)(NC(=O)C(O)CCSC)C(N)=S. The monoisotopic (exact) mass is 280 g/mol. The van der Waals surface area contributed by atoms with Gasteiger partial charge >= 0.3 is 0 Å². The molecule has 7 heteroatoms. The summed E-state index contributed by atoms with van der Waals surface area (Å²) < 4.78 is 0. The van der Waals surface area contributed by atoms with E-state index in [0.29, 0.717) is 18.6 Å². The van der Waals surface area contributed by atoms with Gasteiger partial charge in [0.2, 0.25) is 0 Å². The predicted molar refractivity (Wildman–Crippen MR) is 73.8 cm³/mol. The number of nitrogens with two attached hydrogens (primary N) is 1. The lowest BCUT2D eigenvalue weighted by molar-refractivity contribution is -0.134. The third kappa shape index (κ3) is 5.67. The zero-order valence-electron chi connectivity index (χ0n) is 10.1. The molecule has 0 aromatic heterocycles. The molecule has 0 aromatic rings. The predicted octanol–water partition coefficient (Wildman–Crippen LogP) is -0.00860. The molecule has 0 saturated heterocycles. The average Bonchev–Trinajstić information content (AvgIpc) is 2.25. The van der Waals surface area contributed by atoms with Crippen LogP contribution in [-0.4, -0.2) is 44.9 Å². The second-order valence-corrected chi connectivity index (χ2v) is 5.19. The first-order valence-electron chi connectivity index (χ1n) is 5.38. The van der Waals surface area contributed by atoms with Gasteiger partial charge in [-0.05, 0) is 18.4 Å². The standard InChI is InChI=1S/C10H20N2O3S2/c1-3-5-10(15,9(11)16)12-8(14)7(13)4-6-17-2/h7,13,15H,3-6H2,1-2H3,(H2,11,16)(H,12,14). The third-order valence-corrected chi connectivity index (χ3v) is 3.23. The molecule has 0 aliphatic heterocycles. The van der Waals surface area contributed by atoms with Gasteiger partial charge in [-0.2, -0.15) is 11.8 Å². The highest BCUT2D eigenvalue weighted by Gasteiger charge is 2.33. The van der Waals surface area contributed by atoms with E-state index in [4.69, 9.17) is 18.0 Å². The number of rotatable bonds is 8. The van der Waals surface area contributed by atoms with Crippen LogP contribution in [0.25, 0.3) is 0 Å². The number of carbonyl (C=O) groups excluding carboxylic acids is 1. The van der Waals surface area contributed by atoms with Crippen LogP contribution < -0.4 is 11.1 Å². The van der Waals surface area contributed by atoms with E-state index in [1.165, 1.54) is 11.8 Å². The Labute approximate surface area is 111 Å². The number of carbonyl (C=O) groups is 1. The van der Waals surface area contributed by atoms with Crippen LogP contribution >= 0.6 is 24.0 Å². The van der Waals surface area contributed by atoms with Crippen LogP contribution in [0.15, 0.2) is 0 Å². The summed E-state index contributed by atoms with van der Waals surface area (Å²) in [6.45, 7) is 1.83. The van der Waals surface area contributed by atoms with Crippen molar-refractivity contribution in [2.45, 2.75) is 38.0 Å². The van der Waals surface area contributed by atoms with Crippen LogP contribution in [0.5, 0.6) is 0 Å². The quantitative estimate of drug-likeness (QED) is 0.369. The summed E-state index contributed by atoms with van der Waals surface area (Å²) in [5, 5.41) is 21.9. The highest BCUT2D eigenvalue weighted by molar-refractivity contribution is 7.98. The van der Waals surface area contributed by atoms with Crippen molar-refractivity contribution in [2.24, 2.45) is 5.73 Å². The third-order valence-electron chi connectivity index (χ3n) is 2.25. The summed E-state index contributed by atoms with van der Waals surface area (Å²) in [6, 6.07) is 0. The molecule has 0 saturated carbocycles. The van der Waals surface area contributed by atoms with Crippen molar-refractivity contribution in [3.8, 4) is 0 Å². The van der Waals surface area contributed by atoms with E-state index in [0.717, 1.165) is 0 Å². The molecule has 0 aromatic carbocycles. The summed E-state index contributed by atoms with van der Waals surface area (Å²) in [5.41, 5.74) is 3.68. The van der Waals surface area contributed by atoms with Crippen LogP contribution in [-0.2, 0) is 4.79 Å². The van der Waals surface area contributed by atoms with Gasteiger partial charge in [-0.15, -0.1) is 0 Å². The maximum absolute atomic E-state index is 11.6. The number of thioether (sulfide) groups is 1. The Balaban J connectivity index is 4.45. The number of hydrogen-bond donors (Lipinski definition) is 4. The summed E-state index contributed by atoms with van der Waals surface area (Å²) >= 11 is 6.24. The first kappa shape index (κ1) is 16.6. The summed E-state index contributed by atoms with van der Waals surface area (Å²) in [6.07, 6.45) is 1.89. The molecular weight excluding hydrogens is 260 g/mol. The number of aliphatic hydroxyl groups excluding tert-OH is 1. The Morgan fingerprint density at radius 3 is 2.65 bits per heavy atom. The van der Waals surface area contributed by atoms with E-state index in [1.54, 1.807) is 0 Å². The number of nitrogens with one attached hydrogen (secondary N) is 1. The Hall–Kier alpha value is -0.370. The van der Waals surface area contributed by atoms with E-state index in [1.807, 2.05) is 13.2 Å². The molecule has 0 rings (SSSR count). The van der Waals surface area contributed by atoms with Crippen LogP contribution in [0.2, 0.25) is 0 Å². The molecule has 0 bridgehead atoms. The van der Waals surface area contributed by atoms with Crippen molar-refractivity contribution >= 4 is 34.9 Å². The van der Waals surface area contributed by atoms with E-state index < -0.39 is 17.7 Å². The molecule has 5 N–H and O–H groups in total. The Bertz CT molecular complexity index is 276. The molecule has 2 unspecified atom stereocenters. The van der Waals surface area contributed by atoms with Crippen molar-refractivity contribution in [3.05, 3.63) is 0 Å². The maximum atomic E-state index is 11.6. The van der Waals surface area contributed by atoms with Gasteiger partial charge in [0.25, 0.3) is 5.91 Å². The molecule has 5 nitrogen and oxygen atoms in total. The Morgan fingerprint density at radius 2 is 2.24 bits per heavy atom. The van der Waals surface area contributed by atoms with E-state index in [-0.39, 0.29) is 11.4 Å². The maximum Gasteiger partial charge on any atom is 0.251 e. The molecule has 17 heavy (non-hydrogen) atoms. The van der Waals surface area contributed by atoms with Gasteiger partial charge in [-0.3, -0.25) is 4.79 Å². The van der Waals surface area contributed by atoms with Crippen molar-refractivity contribution in [3.63, 3.8) is 0 Å². The lowest BCUT2D eigenvalue weighted by atomic mass is 10.1. The number of thiocarbonyl (C=S) groups is 1. The Kier molecular flexibility index (Phi) is 7.69. The second-order valence-electron chi connectivity index (χ2n) is 3.76. The van der Waals surface area contributed by atoms with Gasteiger partial charge in [0.05, 0.1) is 0 Å². The molecule has 0 fully saturated rings. The van der Waals surface area contributed by atoms with Gasteiger partial charge in [-0.25, -0.2) is 0 Å². The highest BCUT2D eigenvalue weighted by Crippen LogP contribution is 2.11. The largest absolute Gasteiger partial charge is 0.389 e. The molecule has 0 aliphatic carbocycles. The van der Waals surface area contributed by atoms with E-state index >= 15 is 0 Å². The fraction of sp³-hybridized carbons (Fsp3) is 0.800. The molecule has 1 amide bonds. The van der Waals surface area contributed by atoms with Crippen LogP contribution in [0.1, 0.15) is 26.2 Å². The van der Waals surface area contributed by atoms with Crippen molar-refractivity contribution in [2.75, 3.05) is 12.0 Å². The van der Waals surface area contributed by atoms with Crippen molar-refractivity contribution in [1.82, 2.24) is 5.32 Å². The van der Waals surface area contributed by atoms with Crippen molar-refractivity contribution in [1.29, 1.82) is 0 Å². The molecule has 0 aliphatic rings. The Morgan fingerprint density at radius 1 is 1.65 bits per heavy atom. The first-order chi connectivity index (χ1) is 7.87. The number of amides is 1. The first-order valence-corrected chi connectivity index (χ1v) is 7.19. The van der Waals surface area contributed by atoms with E-state index in [9.17, 15) is 15.0 Å². The highest BCUT2D eigenvalue weighted by atomic mass is 32.2. The molecule has 0 spiro atoms. The minimum absolute atomic E-state index is 0.190. The fourth-order valence-corrected chi connectivity index (χ4v) is 1.87.